The first-order valence-corrected chi connectivity index (χ1v) is 4.63. The second kappa shape index (κ2) is 4.86. The van der Waals surface area contributed by atoms with Gasteiger partial charge in [-0.3, -0.25) is 0 Å². The molecule has 3 heteroatoms. The standard InChI is InChI=1S/C11H16O3/c1-4-9(12)8-6-5-7-10(13-2)11(8)14-3/h5-7,9,12H,4H2,1-3H3/t9-/m1/s1. The van der Waals surface area contributed by atoms with Crippen molar-refractivity contribution in [2.75, 3.05) is 14.2 Å². The van der Waals surface area contributed by atoms with Crippen LogP contribution in [0.3, 0.4) is 0 Å². The zero-order valence-electron chi connectivity index (χ0n) is 8.78. The fraction of sp³-hybridized carbons (Fsp3) is 0.455. The van der Waals surface area contributed by atoms with Gasteiger partial charge in [-0.15, -0.1) is 0 Å². The van der Waals surface area contributed by atoms with Crippen LogP contribution in [-0.2, 0) is 0 Å². The molecule has 0 aliphatic rings. The van der Waals surface area contributed by atoms with Crippen LogP contribution < -0.4 is 9.47 Å². The Hall–Kier alpha value is -1.22. The van der Waals surface area contributed by atoms with Crippen LogP contribution in [0.25, 0.3) is 0 Å². The van der Waals surface area contributed by atoms with Crippen molar-refractivity contribution in [2.24, 2.45) is 0 Å². The molecule has 0 spiro atoms. The van der Waals surface area contributed by atoms with Gasteiger partial charge in [-0.1, -0.05) is 19.1 Å². The Bertz CT molecular complexity index is 297. The van der Waals surface area contributed by atoms with Crippen molar-refractivity contribution in [1.82, 2.24) is 0 Å². The molecule has 0 saturated carbocycles. The molecule has 1 aromatic carbocycles. The Kier molecular flexibility index (Phi) is 3.77. The van der Waals surface area contributed by atoms with Gasteiger partial charge in [0, 0.05) is 5.56 Å². The Morgan fingerprint density at radius 2 is 2.00 bits per heavy atom. The van der Waals surface area contributed by atoms with Crippen molar-refractivity contribution in [1.29, 1.82) is 0 Å². The van der Waals surface area contributed by atoms with Crippen molar-refractivity contribution in [3.05, 3.63) is 23.8 Å². The number of para-hydroxylation sites is 1. The van der Waals surface area contributed by atoms with E-state index in [4.69, 9.17) is 9.47 Å². The van der Waals surface area contributed by atoms with Crippen molar-refractivity contribution >= 4 is 0 Å². The lowest BCUT2D eigenvalue weighted by molar-refractivity contribution is 0.168. The molecule has 0 heterocycles. The molecule has 14 heavy (non-hydrogen) atoms. The predicted octanol–water partition coefficient (Wildman–Crippen LogP) is 2.15. The van der Waals surface area contributed by atoms with Crippen LogP contribution in [0.15, 0.2) is 18.2 Å². The van der Waals surface area contributed by atoms with Crippen LogP contribution in [0.1, 0.15) is 25.0 Å². The average molecular weight is 196 g/mol. The molecule has 0 bridgehead atoms. The molecule has 1 atom stereocenters. The number of hydrogen-bond donors (Lipinski definition) is 1. The molecule has 0 saturated heterocycles. The Morgan fingerprint density at radius 1 is 1.29 bits per heavy atom. The van der Waals surface area contributed by atoms with Crippen molar-refractivity contribution < 1.29 is 14.6 Å². The lowest BCUT2D eigenvalue weighted by atomic mass is 10.1. The molecule has 3 nitrogen and oxygen atoms in total. The van der Waals surface area contributed by atoms with Gasteiger partial charge in [0.05, 0.1) is 20.3 Å². The molecular weight excluding hydrogens is 180 g/mol. The van der Waals surface area contributed by atoms with Crippen LogP contribution in [0.5, 0.6) is 11.5 Å². The Labute approximate surface area is 84.3 Å². The molecule has 1 rings (SSSR count). The van der Waals surface area contributed by atoms with E-state index in [9.17, 15) is 5.11 Å². The highest BCUT2D eigenvalue weighted by Gasteiger charge is 2.14. The minimum Gasteiger partial charge on any atom is -0.493 e. The van der Waals surface area contributed by atoms with E-state index in [-0.39, 0.29) is 0 Å². The summed E-state index contributed by atoms with van der Waals surface area (Å²) in [6.07, 6.45) is 0.156. The van der Waals surface area contributed by atoms with Gasteiger partial charge in [0.2, 0.25) is 0 Å². The van der Waals surface area contributed by atoms with E-state index in [0.29, 0.717) is 17.9 Å². The number of aliphatic hydroxyl groups is 1. The lowest BCUT2D eigenvalue weighted by Gasteiger charge is -2.15. The minimum atomic E-state index is -0.500. The van der Waals surface area contributed by atoms with Gasteiger partial charge in [-0.25, -0.2) is 0 Å². The van der Waals surface area contributed by atoms with E-state index < -0.39 is 6.10 Å². The maximum Gasteiger partial charge on any atom is 0.166 e. The highest BCUT2D eigenvalue weighted by Crippen LogP contribution is 2.35. The fourth-order valence-electron chi connectivity index (χ4n) is 1.39. The molecule has 0 aromatic heterocycles. The zero-order chi connectivity index (χ0) is 10.6. The number of benzene rings is 1. The van der Waals surface area contributed by atoms with E-state index in [2.05, 4.69) is 0 Å². The van der Waals surface area contributed by atoms with Crippen LogP contribution in [0, 0.1) is 0 Å². The minimum absolute atomic E-state index is 0.500. The summed E-state index contributed by atoms with van der Waals surface area (Å²) in [5.74, 6) is 1.27. The third kappa shape index (κ3) is 1.99. The highest BCUT2D eigenvalue weighted by molar-refractivity contribution is 5.47. The quantitative estimate of drug-likeness (QED) is 0.801. The third-order valence-electron chi connectivity index (χ3n) is 2.18. The summed E-state index contributed by atoms with van der Waals surface area (Å²) in [4.78, 5) is 0. The highest BCUT2D eigenvalue weighted by atomic mass is 16.5. The molecule has 0 amide bonds. The van der Waals surface area contributed by atoms with Gasteiger partial charge in [0.25, 0.3) is 0 Å². The van der Waals surface area contributed by atoms with Gasteiger partial charge >= 0.3 is 0 Å². The predicted molar refractivity (Wildman–Crippen MR) is 54.8 cm³/mol. The Morgan fingerprint density at radius 3 is 2.50 bits per heavy atom. The van der Waals surface area contributed by atoms with E-state index >= 15 is 0 Å². The maximum atomic E-state index is 9.73. The van der Waals surface area contributed by atoms with Crippen molar-refractivity contribution in [2.45, 2.75) is 19.4 Å². The molecule has 1 aromatic rings. The second-order valence-corrected chi connectivity index (χ2v) is 3.01. The molecule has 0 radical (unpaired) electrons. The van der Waals surface area contributed by atoms with E-state index in [0.717, 1.165) is 5.56 Å². The summed E-state index contributed by atoms with van der Waals surface area (Å²) >= 11 is 0. The Balaban J connectivity index is 3.14. The summed E-state index contributed by atoms with van der Waals surface area (Å²) in [5.41, 5.74) is 0.773. The zero-order valence-corrected chi connectivity index (χ0v) is 8.78. The first-order valence-electron chi connectivity index (χ1n) is 4.63. The number of ether oxygens (including phenoxy) is 2. The third-order valence-corrected chi connectivity index (χ3v) is 2.18. The number of methoxy groups -OCH3 is 2. The SMILES string of the molecule is CC[C@@H](O)c1cccc(OC)c1OC. The molecule has 0 aliphatic carbocycles. The van der Waals surface area contributed by atoms with E-state index in [1.807, 2.05) is 25.1 Å². The number of hydrogen-bond acceptors (Lipinski definition) is 3. The van der Waals surface area contributed by atoms with Crippen LogP contribution >= 0.6 is 0 Å². The fourth-order valence-corrected chi connectivity index (χ4v) is 1.39. The second-order valence-electron chi connectivity index (χ2n) is 3.01. The first kappa shape index (κ1) is 10.9. The summed E-state index contributed by atoms with van der Waals surface area (Å²) < 4.78 is 10.3. The largest absolute Gasteiger partial charge is 0.493 e. The van der Waals surface area contributed by atoms with Crippen LogP contribution in [0.4, 0.5) is 0 Å². The summed E-state index contributed by atoms with van der Waals surface area (Å²) in [7, 11) is 3.16. The maximum absolute atomic E-state index is 9.73. The van der Waals surface area contributed by atoms with Gasteiger partial charge in [0.15, 0.2) is 11.5 Å². The smallest absolute Gasteiger partial charge is 0.166 e. The number of aliphatic hydroxyl groups excluding tert-OH is 1. The van der Waals surface area contributed by atoms with Gasteiger partial charge in [0.1, 0.15) is 0 Å². The molecule has 0 aliphatic heterocycles. The van der Waals surface area contributed by atoms with E-state index in [1.165, 1.54) is 0 Å². The topological polar surface area (TPSA) is 38.7 Å². The molecule has 78 valence electrons. The number of rotatable bonds is 4. The van der Waals surface area contributed by atoms with Crippen molar-refractivity contribution in [3.63, 3.8) is 0 Å². The lowest BCUT2D eigenvalue weighted by Crippen LogP contribution is -2.00. The molecule has 0 unspecified atom stereocenters. The van der Waals surface area contributed by atoms with Gasteiger partial charge in [-0.05, 0) is 12.5 Å². The summed E-state index contributed by atoms with van der Waals surface area (Å²) in [6, 6.07) is 5.50. The summed E-state index contributed by atoms with van der Waals surface area (Å²) in [6.45, 7) is 1.92. The molecular formula is C11H16O3. The van der Waals surface area contributed by atoms with Crippen molar-refractivity contribution in [3.8, 4) is 11.5 Å². The normalized spacial score (nSPS) is 12.3. The molecule has 1 N–H and O–H groups in total. The van der Waals surface area contributed by atoms with Crippen LogP contribution in [0.2, 0.25) is 0 Å². The monoisotopic (exact) mass is 196 g/mol. The first-order chi connectivity index (χ1) is 6.74. The van der Waals surface area contributed by atoms with E-state index in [1.54, 1.807) is 14.2 Å². The van der Waals surface area contributed by atoms with Gasteiger partial charge < -0.3 is 14.6 Å². The average Bonchev–Trinajstić information content (AvgIpc) is 2.26. The van der Waals surface area contributed by atoms with Crippen LogP contribution in [-0.4, -0.2) is 19.3 Å². The molecule has 0 fully saturated rings. The summed E-state index contributed by atoms with van der Waals surface area (Å²) in [5, 5.41) is 9.73. The van der Waals surface area contributed by atoms with Gasteiger partial charge in [-0.2, -0.15) is 0 Å².